The van der Waals surface area contributed by atoms with Crippen LogP contribution in [0.5, 0.6) is 0 Å². The molecule has 1 atom stereocenters. The van der Waals surface area contributed by atoms with Crippen LogP contribution in [0.1, 0.15) is 124 Å². The number of hydrogen-bond donors (Lipinski definition) is 0. The number of rotatable bonds is 20. The van der Waals surface area contributed by atoms with E-state index in [1.54, 1.807) is 11.1 Å². The summed E-state index contributed by atoms with van der Waals surface area (Å²) in [5, 5.41) is 0. The summed E-state index contributed by atoms with van der Waals surface area (Å²) in [6, 6.07) is 0. The van der Waals surface area contributed by atoms with Gasteiger partial charge in [-0.25, -0.2) is 4.39 Å². The standard InChI is InChI=1S/C28H49F/c1-7-9-10-11-14-17-21-25(4)26(5)22-18-15-12-13-16-20-24(3)23-28(19-8-2)27(6)29/h7,28H,1,3,6,8-23H2,2,4-5H3/b26-25-. The molecule has 0 saturated carbocycles. The van der Waals surface area contributed by atoms with Crippen LogP contribution in [0.2, 0.25) is 0 Å². The molecule has 0 nitrogen and oxygen atoms in total. The van der Waals surface area contributed by atoms with E-state index in [4.69, 9.17) is 0 Å². The predicted octanol–water partition coefficient (Wildman–Crippen LogP) is 10.4. The topological polar surface area (TPSA) is 0 Å². The van der Waals surface area contributed by atoms with Gasteiger partial charge in [0, 0.05) is 5.92 Å². The first-order chi connectivity index (χ1) is 13.9. The summed E-state index contributed by atoms with van der Waals surface area (Å²) in [7, 11) is 0. The molecule has 0 saturated heterocycles. The van der Waals surface area contributed by atoms with Crippen molar-refractivity contribution in [3.05, 3.63) is 48.4 Å². The fourth-order valence-electron chi connectivity index (χ4n) is 3.92. The summed E-state index contributed by atoms with van der Waals surface area (Å²) < 4.78 is 13.5. The van der Waals surface area contributed by atoms with Crippen LogP contribution in [0.4, 0.5) is 4.39 Å². The van der Waals surface area contributed by atoms with Gasteiger partial charge < -0.3 is 0 Å². The van der Waals surface area contributed by atoms with Crippen molar-refractivity contribution in [2.75, 3.05) is 0 Å². The third-order valence-electron chi connectivity index (χ3n) is 6.14. The number of halogens is 1. The fourth-order valence-corrected chi connectivity index (χ4v) is 3.92. The molecule has 1 unspecified atom stereocenters. The normalized spacial score (nSPS) is 13.1. The lowest BCUT2D eigenvalue weighted by atomic mass is 9.92. The van der Waals surface area contributed by atoms with E-state index in [0.29, 0.717) is 0 Å². The number of allylic oxidation sites excluding steroid dienone is 5. The molecule has 29 heavy (non-hydrogen) atoms. The van der Waals surface area contributed by atoms with Crippen LogP contribution in [0.25, 0.3) is 0 Å². The first-order valence-electron chi connectivity index (χ1n) is 12.2. The molecule has 0 rings (SSSR count). The molecule has 0 aliphatic carbocycles. The maximum absolute atomic E-state index is 13.5. The first-order valence-corrected chi connectivity index (χ1v) is 12.2. The minimum Gasteiger partial charge on any atom is -0.212 e. The van der Waals surface area contributed by atoms with E-state index in [0.717, 1.165) is 32.1 Å². The van der Waals surface area contributed by atoms with Crippen LogP contribution in [0.3, 0.4) is 0 Å². The highest BCUT2D eigenvalue weighted by atomic mass is 19.1. The Balaban J connectivity index is 3.75. The molecule has 0 aromatic carbocycles. The van der Waals surface area contributed by atoms with Crippen LogP contribution >= 0.6 is 0 Å². The highest BCUT2D eigenvalue weighted by Crippen LogP contribution is 2.26. The molecule has 0 spiro atoms. The Hall–Kier alpha value is -1.11. The zero-order valence-corrected chi connectivity index (χ0v) is 20.0. The van der Waals surface area contributed by atoms with E-state index in [9.17, 15) is 4.39 Å². The molecule has 0 bridgehead atoms. The van der Waals surface area contributed by atoms with Crippen LogP contribution < -0.4 is 0 Å². The second kappa shape index (κ2) is 18.9. The smallest absolute Gasteiger partial charge is 0.0962 e. The highest BCUT2D eigenvalue weighted by molar-refractivity contribution is 5.09. The van der Waals surface area contributed by atoms with Gasteiger partial charge >= 0.3 is 0 Å². The molecule has 0 aliphatic rings. The van der Waals surface area contributed by atoms with Crippen LogP contribution in [-0.2, 0) is 0 Å². The molecular formula is C28H49F. The van der Waals surface area contributed by atoms with Crippen molar-refractivity contribution in [3.63, 3.8) is 0 Å². The van der Waals surface area contributed by atoms with Gasteiger partial charge in [0.15, 0.2) is 0 Å². The van der Waals surface area contributed by atoms with Gasteiger partial charge in [-0.3, -0.25) is 0 Å². The Morgan fingerprint density at radius 1 is 0.793 bits per heavy atom. The van der Waals surface area contributed by atoms with Gasteiger partial charge in [-0.05, 0) is 78.1 Å². The first kappa shape index (κ1) is 27.9. The molecule has 0 fully saturated rings. The summed E-state index contributed by atoms with van der Waals surface area (Å²) in [5.74, 6) is -0.183. The average Bonchev–Trinajstić information content (AvgIpc) is 2.69. The van der Waals surface area contributed by atoms with E-state index in [1.165, 1.54) is 76.2 Å². The van der Waals surface area contributed by atoms with Crippen LogP contribution in [0, 0.1) is 5.92 Å². The third-order valence-corrected chi connectivity index (χ3v) is 6.14. The minimum absolute atomic E-state index is 0.0161. The molecule has 168 valence electrons. The molecule has 0 amide bonds. The summed E-state index contributed by atoms with van der Waals surface area (Å²) in [6.07, 6.45) is 21.1. The maximum Gasteiger partial charge on any atom is 0.0962 e. The molecule has 1 heteroatoms. The molecule has 0 heterocycles. The zero-order chi connectivity index (χ0) is 21.9. The SMILES string of the molecule is C=CCCCCCC/C(C)=C(/C)CCCCCCCC(=C)CC(CCC)C(=C)F. The molecule has 0 aliphatic heterocycles. The van der Waals surface area contributed by atoms with Gasteiger partial charge in [-0.2, -0.15) is 0 Å². The lowest BCUT2D eigenvalue weighted by Gasteiger charge is -2.15. The van der Waals surface area contributed by atoms with Gasteiger partial charge in [0.05, 0.1) is 5.83 Å². The summed E-state index contributed by atoms with van der Waals surface area (Å²) in [4.78, 5) is 0. The Kier molecular flexibility index (Phi) is 18.2. The average molecular weight is 405 g/mol. The summed E-state index contributed by atoms with van der Waals surface area (Å²) in [6.45, 7) is 18.2. The zero-order valence-electron chi connectivity index (χ0n) is 20.0. The molecule has 0 N–H and O–H groups in total. The second-order valence-corrected chi connectivity index (χ2v) is 8.96. The van der Waals surface area contributed by atoms with Gasteiger partial charge in [0.25, 0.3) is 0 Å². The Morgan fingerprint density at radius 2 is 1.28 bits per heavy atom. The maximum atomic E-state index is 13.5. The minimum atomic E-state index is -0.167. The van der Waals surface area contributed by atoms with Gasteiger partial charge in [-0.1, -0.05) is 81.4 Å². The molecular weight excluding hydrogens is 355 g/mol. The number of unbranched alkanes of at least 4 members (excludes halogenated alkanes) is 8. The van der Waals surface area contributed by atoms with Gasteiger partial charge in [-0.15, -0.1) is 6.58 Å². The van der Waals surface area contributed by atoms with E-state index < -0.39 is 0 Å². The van der Waals surface area contributed by atoms with Gasteiger partial charge in [0.1, 0.15) is 0 Å². The lowest BCUT2D eigenvalue weighted by Crippen LogP contribution is -2.02. The largest absolute Gasteiger partial charge is 0.212 e. The van der Waals surface area contributed by atoms with Crippen LogP contribution in [0.15, 0.2) is 48.4 Å². The van der Waals surface area contributed by atoms with E-state index >= 15 is 0 Å². The Labute approximate surface area is 182 Å². The van der Waals surface area contributed by atoms with E-state index in [1.807, 2.05) is 6.08 Å². The molecule has 0 radical (unpaired) electrons. The van der Waals surface area contributed by atoms with Crippen molar-refractivity contribution < 1.29 is 4.39 Å². The molecule has 0 aromatic heterocycles. The lowest BCUT2D eigenvalue weighted by molar-refractivity contribution is 0.430. The van der Waals surface area contributed by atoms with Crippen molar-refractivity contribution in [1.29, 1.82) is 0 Å². The summed E-state index contributed by atoms with van der Waals surface area (Å²) in [5.41, 5.74) is 4.42. The van der Waals surface area contributed by atoms with Gasteiger partial charge in [0.2, 0.25) is 0 Å². The third kappa shape index (κ3) is 16.4. The predicted molar refractivity (Wildman–Crippen MR) is 131 cm³/mol. The van der Waals surface area contributed by atoms with Crippen LogP contribution in [-0.4, -0.2) is 0 Å². The monoisotopic (exact) mass is 404 g/mol. The van der Waals surface area contributed by atoms with Crippen molar-refractivity contribution >= 4 is 0 Å². The summed E-state index contributed by atoms with van der Waals surface area (Å²) >= 11 is 0. The van der Waals surface area contributed by atoms with E-state index in [2.05, 4.69) is 40.5 Å². The Morgan fingerprint density at radius 3 is 1.76 bits per heavy atom. The Bertz CT molecular complexity index is 483. The van der Waals surface area contributed by atoms with E-state index in [-0.39, 0.29) is 11.7 Å². The number of hydrogen-bond acceptors (Lipinski definition) is 0. The van der Waals surface area contributed by atoms with Crippen molar-refractivity contribution in [2.45, 2.75) is 124 Å². The van der Waals surface area contributed by atoms with Crippen molar-refractivity contribution in [2.24, 2.45) is 5.92 Å². The highest BCUT2D eigenvalue weighted by Gasteiger charge is 2.12. The quantitative estimate of drug-likeness (QED) is 0.140. The van der Waals surface area contributed by atoms with Crippen molar-refractivity contribution in [3.8, 4) is 0 Å². The second-order valence-electron chi connectivity index (χ2n) is 8.96. The fraction of sp³-hybridized carbons (Fsp3) is 0.714. The molecule has 0 aromatic rings. The van der Waals surface area contributed by atoms with Crippen molar-refractivity contribution in [1.82, 2.24) is 0 Å².